The maximum absolute atomic E-state index is 12.6. The van der Waals surface area contributed by atoms with Gasteiger partial charge in [-0.1, -0.05) is 18.2 Å². The highest BCUT2D eigenvalue weighted by molar-refractivity contribution is 6.07. The molecule has 2 heterocycles. The number of para-hydroxylation sites is 1. The Balaban J connectivity index is 1.97. The predicted molar refractivity (Wildman–Crippen MR) is 82.4 cm³/mol. The zero-order valence-electron chi connectivity index (χ0n) is 12.2. The number of carbonyl (C=O) groups excluding carboxylic acids is 1. The van der Waals surface area contributed by atoms with Crippen LogP contribution in [0.15, 0.2) is 42.6 Å². The maximum atomic E-state index is 12.6. The minimum atomic E-state index is 0.100. The van der Waals surface area contributed by atoms with E-state index in [1.54, 1.807) is 12.3 Å². The van der Waals surface area contributed by atoms with Crippen molar-refractivity contribution in [1.82, 2.24) is 14.8 Å². The molecular weight excluding hydrogens is 262 g/mol. The standard InChI is InChI=1S/C17H17N3O/c1-3-20-13(10-12(2)19-20)11-17(21)15-8-9-18-16-7-5-4-6-14(15)16/h4-10H,3,11H2,1-2H3. The lowest BCUT2D eigenvalue weighted by Crippen LogP contribution is -2.10. The van der Waals surface area contributed by atoms with Crippen molar-refractivity contribution in [2.75, 3.05) is 0 Å². The van der Waals surface area contributed by atoms with E-state index in [2.05, 4.69) is 10.1 Å². The summed E-state index contributed by atoms with van der Waals surface area (Å²) in [4.78, 5) is 16.9. The molecule has 1 aromatic carbocycles. The molecule has 0 aliphatic heterocycles. The summed E-state index contributed by atoms with van der Waals surface area (Å²) in [5.41, 5.74) is 3.48. The molecule has 0 saturated heterocycles. The molecule has 0 N–H and O–H groups in total. The quantitative estimate of drug-likeness (QED) is 0.689. The first kappa shape index (κ1) is 13.5. The number of hydrogen-bond donors (Lipinski definition) is 0. The van der Waals surface area contributed by atoms with E-state index in [1.165, 1.54) is 0 Å². The molecule has 0 aliphatic carbocycles. The van der Waals surface area contributed by atoms with Crippen molar-refractivity contribution < 1.29 is 4.79 Å². The van der Waals surface area contributed by atoms with Gasteiger partial charge in [-0.25, -0.2) is 0 Å². The second-order valence-electron chi connectivity index (χ2n) is 5.07. The van der Waals surface area contributed by atoms with Crippen LogP contribution in [-0.2, 0) is 13.0 Å². The Hall–Kier alpha value is -2.49. The molecule has 0 fully saturated rings. The third-order valence-electron chi connectivity index (χ3n) is 3.58. The summed E-state index contributed by atoms with van der Waals surface area (Å²) >= 11 is 0. The van der Waals surface area contributed by atoms with Gasteiger partial charge in [0, 0.05) is 29.4 Å². The number of ketones is 1. The van der Waals surface area contributed by atoms with Gasteiger partial charge in [0.15, 0.2) is 5.78 Å². The average Bonchev–Trinajstić information content (AvgIpc) is 2.86. The Morgan fingerprint density at radius 2 is 2.05 bits per heavy atom. The van der Waals surface area contributed by atoms with E-state index in [0.717, 1.165) is 34.4 Å². The van der Waals surface area contributed by atoms with E-state index in [-0.39, 0.29) is 5.78 Å². The molecular formula is C17H17N3O. The van der Waals surface area contributed by atoms with Crippen LogP contribution in [0.5, 0.6) is 0 Å². The van der Waals surface area contributed by atoms with E-state index < -0.39 is 0 Å². The first-order valence-corrected chi connectivity index (χ1v) is 7.09. The fourth-order valence-electron chi connectivity index (χ4n) is 2.61. The summed E-state index contributed by atoms with van der Waals surface area (Å²) in [5.74, 6) is 0.100. The van der Waals surface area contributed by atoms with Gasteiger partial charge in [0.25, 0.3) is 0 Å². The number of benzene rings is 1. The molecule has 0 amide bonds. The zero-order chi connectivity index (χ0) is 14.8. The van der Waals surface area contributed by atoms with Crippen molar-refractivity contribution >= 4 is 16.7 Å². The molecule has 4 nitrogen and oxygen atoms in total. The topological polar surface area (TPSA) is 47.8 Å². The highest BCUT2D eigenvalue weighted by Crippen LogP contribution is 2.18. The first-order valence-electron chi connectivity index (χ1n) is 7.09. The monoisotopic (exact) mass is 279 g/mol. The number of pyridine rings is 1. The lowest BCUT2D eigenvalue weighted by Gasteiger charge is -2.06. The van der Waals surface area contributed by atoms with E-state index in [9.17, 15) is 4.79 Å². The van der Waals surface area contributed by atoms with Crippen molar-refractivity contribution in [2.45, 2.75) is 26.8 Å². The third-order valence-corrected chi connectivity index (χ3v) is 3.58. The molecule has 2 aromatic heterocycles. The van der Waals surface area contributed by atoms with Crippen LogP contribution in [0, 0.1) is 6.92 Å². The van der Waals surface area contributed by atoms with Gasteiger partial charge in [-0.05, 0) is 32.0 Å². The number of Topliss-reactive ketones (excluding diaryl/α,β-unsaturated/α-hetero) is 1. The number of rotatable bonds is 4. The normalized spacial score (nSPS) is 11.0. The molecule has 3 aromatic rings. The van der Waals surface area contributed by atoms with Crippen LogP contribution in [0.4, 0.5) is 0 Å². The van der Waals surface area contributed by atoms with Crippen molar-refractivity contribution in [3.8, 4) is 0 Å². The van der Waals surface area contributed by atoms with Crippen LogP contribution in [0.2, 0.25) is 0 Å². The van der Waals surface area contributed by atoms with Crippen molar-refractivity contribution in [3.63, 3.8) is 0 Å². The van der Waals surface area contributed by atoms with E-state index in [4.69, 9.17) is 0 Å². The molecule has 21 heavy (non-hydrogen) atoms. The van der Waals surface area contributed by atoms with Crippen LogP contribution < -0.4 is 0 Å². The highest BCUT2D eigenvalue weighted by atomic mass is 16.1. The first-order chi connectivity index (χ1) is 10.2. The molecule has 0 spiro atoms. The Morgan fingerprint density at radius 1 is 1.24 bits per heavy atom. The van der Waals surface area contributed by atoms with E-state index >= 15 is 0 Å². The van der Waals surface area contributed by atoms with Crippen LogP contribution in [-0.4, -0.2) is 20.5 Å². The molecule has 0 bridgehead atoms. The highest BCUT2D eigenvalue weighted by Gasteiger charge is 2.14. The molecule has 0 aliphatic rings. The number of hydrogen-bond acceptors (Lipinski definition) is 3. The summed E-state index contributed by atoms with van der Waals surface area (Å²) in [6.45, 7) is 4.75. The van der Waals surface area contributed by atoms with Crippen molar-refractivity contribution in [1.29, 1.82) is 0 Å². The summed E-state index contributed by atoms with van der Waals surface area (Å²) in [7, 11) is 0. The molecule has 0 unspecified atom stereocenters. The average molecular weight is 279 g/mol. The Morgan fingerprint density at radius 3 is 2.86 bits per heavy atom. The summed E-state index contributed by atoms with van der Waals surface area (Å²) < 4.78 is 1.89. The zero-order valence-corrected chi connectivity index (χ0v) is 12.2. The molecule has 0 atom stereocenters. The smallest absolute Gasteiger partial charge is 0.169 e. The second-order valence-corrected chi connectivity index (χ2v) is 5.07. The molecule has 4 heteroatoms. The summed E-state index contributed by atoms with van der Waals surface area (Å²) in [6, 6.07) is 11.5. The van der Waals surface area contributed by atoms with Gasteiger partial charge in [0.2, 0.25) is 0 Å². The fourth-order valence-corrected chi connectivity index (χ4v) is 2.61. The number of carbonyl (C=O) groups is 1. The molecule has 106 valence electrons. The van der Waals surface area contributed by atoms with Gasteiger partial charge in [-0.15, -0.1) is 0 Å². The van der Waals surface area contributed by atoms with Crippen molar-refractivity contribution in [2.24, 2.45) is 0 Å². The van der Waals surface area contributed by atoms with Gasteiger partial charge >= 0.3 is 0 Å². The third kappa shape index (κ3) is 2.57. The predicted octanol–water partition coefficient (Wildman–Crippen LogP) is 3.19. The number of aryl methyl sites for hydroxylation is 2. The Kier molecular flexibility index (Phi) is 3.52. The van der Waals surface area contributed by atoms with Gasteiger partial charge in [0.1, 0.15) is 0 Å². The number of fused-ring (bicyclic) bond motifs is 1. The SMILES string of the molecule is CCn1nc(C)cc1CC(=O)c1ccnc2ccccc12. The van der Waals surface area contributed by atoms with Crippen LogP contribution in [0.1, 0.15) is 28.7 Å². The Bertz CT molecular complexity index is 799. The lowest BCUT2D eigenvalue weighted by molar-refractivity contribution is 0.0992. The number of aromatic nitrogens is 3. The lowest BCUT2D eigenvalue weighted by atomic mass is 10.0. The largest absolute Gasteiger partial charge is 0.294 e. The van der Waals surface area contributed by atoms with Gasteiger partial charge in [-0.3, -0.25) is 14.5 Å². The van der Waals surface area contributed by atoms with Gasteiger partial charge < -0.3 is 0 Å². The van der Waals surface area contributed by atoms with Crippen LogP contribution in [0.25, 0.3) is 10.9 Å². The summed E-state index contributed by atoms with van der Waals surface area (Å²) in [5, 5.41) is 5.30. The molecule has 0 radical (unpaired) electrons. The maximum Gasteiger partial charge on any atom is 0.169 e. The van der Waals surface area contributed by atoms with Crippen molar-refractivity contribution in [3.05, 3.63) is 59.5 Å². The minimum Gasteiger partial charge on any atom is -0.294 e. The molecule has 3 rings (SSSR count). The van der Waals surface area contributed by atoms with E-state index in [0.29, 0.717) is 6.42 Å². The molecule has 0 saturated carbocycles. The van der Waals surface area contributed by atoms with Crippen LogP contribution >= 0.6 is 0 Å². The Labute approximate surface area is 123 Å². The fraction of sp³-hybridized carbons (Fsp3) is 0.235. The minimum absolute atomic E-state index is 0.100. The summed E-state index contributed by atoms with van der Waals surface area (Å²) in [6.07, 6.45) is 2.06. The van der Waals surface area contributed by atoms with E-state index in [1.807, 2.05) is 48.9 Å². The van der Waals surface area contributed by atoms with Crippen LogP contribution in [0.3, 0.4) is 0 Å². The van der Waals surface area contributed by atoms with Gasteiger partial charge in [-0.2, -0.15) is 5.10 Å². The van der Waals surface area contributed by atoms with Gasteiger partial charge in [0.05, 0.1) is 17.6 Å². The number of nitrogens with zero attached hydrogens (tertiary/aromatic N) is 3. The second kappa shape index (κ2) is 5.48.